The summed E-state index contributed by atoms with van der Waals surface area (Å²) < 4.78 is 12.7. The molecule has 1 aromatic carbocycles. The zero-order chi connectivity index (χ0) is 29.8. The number of fused-ring (bicyclic) bond motifs is 2. The van der Waals surface area contributed by atoms with Crippen LogP contribution in [0.5, 0.6) is 0 Å². The van der Waals surface area contributed by atoms with Crippen LogP contribution in [0.3, 0.4) is 0 Å². The molecule has 8 heteroatoms. The van der Waals surface area contributed by atoms with Crippen molar-refractivity contribution in [1.29, 1.82) is 0 Å². The molecule has 0 radical (unpaired) electrons. The lowest BCUT2D eigenvalue weighted by molar-refractivity contribution is 0.0488. The Morgan fingerprint density at radius 3 is 1.17 bits per heavy atom. The number of hydrogen-bond donors (Lipinski definition) is 0. The van der Waals surface area contributed by atoms with Gasteiger partial charge in [-0.1, -0.05) is 129 Å². The average Bonchev–Trinajstić information content (AvgIpc) is 3.60. The summed E-state index contributed by atoms with van der Waals surface area (Å²) in [4.78, 5) is 34.1. The van der Waals surface area contributed by atoms with Crippen molar-refractivity contribution in [1.82, 2.24) is 9.97 Å². The van der Waals surface area contributed by atoms with E-state index in [0.29, 0.717) is 23.2 Å². The molecular formula is C34H52N2O4S2. The molecule has 42 heavy (non-hydrogen) atoms. The van der Waals surface area contributed by atoms with Gasteiger partial charge in [0, 0.05) is 0 Å². The minimum atomic E-state index is -0.361. The van der Waals surface area contributed by atoms with Crippen LogP contribution in [-0.2, 0) is 9.47 Å². The molecule has 0 unspecified atom stereocenters. The third-order valence-corrected chi connectivity index (χ3v) is 9.71. The van der Waals surface area contributed by atoms with Crippen molar-refractivity contribution in [2.45, 2.75) is 142 Å². The summed E-state index contributed by atoms with van der Waals surface area (Å²) in [5.41, 5.74) is 1.46. The molecule has 0 bridgehead atoms. The average molecular weight is 617 g/mol. The SMILES string of the molecule is CCCCCCCCCCCCOC(=O)c1nc2cc3sc(C(=O)OCCCCCCCCCCCC)nc3cc2s1. The molecule has 0 saturated carbocycles. The molecule has 0 spiro atoms. The van der Waals surface area contributed by atoms with Gasteiger partial charge >= 0.3 is 11.9 Å². The first kappa shape index (κ1) is 34.4. The second-order valence-electron chi connectivity index (χ2n) is 11.5. The molecule has 0 aliphatic heterocycles. The Balaban J connectivity index is 1.32. The number of carbonyl (C=O) groups excluding carboxylic acids is 2. The number of ether oxygens (including phenoxy) is 2. The lowest BCUT2D eigenvalue weighted by Crippen LogP contribution is -2.05. The number of thiazole rings is 2. The van der Waals surface area contributed by atoms with Crippen molar-refractivity contribution >= 4 is 55.0 Å². The van der Waals surface area contributed by atoms with Crippen molar-refractivity contribution in [3.8, 4) is 0 Å². The first-order valence-electron chi connectivity index (χ1n) is 16.7. The Bertz CT molecular complexity index is 1050. The highest BCUT2D eigenvalue weighted by molar-refractivity contribution is 7.21. The van der Waals surface area contributed by atoms with Gasteiger partial charge in [-0.25, -0.2) is 19.6 Å². The van der Waals surface area contributed by atoms with Crippen LogP contribution in [0, 0.1) is 0 Å². The predicted molar refractivity (Wildman–Crippen MR) is 177 cm³/mol. The molecule has 0 atom stereocenters. The molecule has 0 aliphatic carbocycles. The van der Waals surface area contributed by atoms with E-state index < -0.39 is 0 Å². The van der Waals surface area contributed by atoms with E-state index in [0.717, 1.165) is 46.1 Å². The number of esters is 2. The van der Waals surface area contributed by atoms with Crippen LogP contribution in [0.15, 0.2) is 12.1 Å². The minimum Gasteiger partial charge on any atom is -0.460 e. The highest BCUT2D eigenvalue weighted by Crippen LogP contribution is 2.31. The fourth-order valence-electron chi connectivity index (χ4n) is 5.16. The van der Waals surface area contributed by atoms with Crippen molar-refractivity contribution in [2.75, 3.05) is 13.2 Å². The summed E-state index contributed by atoms with van der Waals surface area (Å²) in [5.74, 6) is -0.723. The van der Waals surface area contributed by atoms with Gasteiger partial charge in [0.1, 0.15) is 0 Å². The van der Waals surface area contributed by atoms with Gasteiger partial charge in [0.25, 0.3) is 0 Å². The number of rotatable bonds is 24. The van der Waals surface area contributed by atoms with Crippen LogP contribution < -0.4 is 0 Å². The van der Waals surface area contributed by atoms with Crippen LogP contribution in [0.25, 0.3) is 20.4 Å². The number of aromatic nitrogens is 2. The van der Waals surface area contributed by atoms with E-state index in [1.165, 1.54) is 125 Å². The Morgan fingerprint density at radius 2 is 0.833 bits per heavy atom. The Labute approximate surface area is 261 Å². The third kappa shape index (κ3) is 12.7. The fraction of sp³-hybridized carbons (Fsp3) is 0.706. The van der Waals surface area contributed by atoms with Gasteiger partial charge in [-0.15, -0.1) is 22.7 Å². The largest absolute Gasteiger partial charge is 0.460 e. The molecular weight excluding hydrogens is 565 g/mol. The van der Waals surface area contributed by atoms with E-state index in [9.17, 15) is 9.59 Å². The quantitative estimate of drug-likeness (QED) is 0.0736. The van der Waals surface area contributed by atoms with Crippen molar-refractivity contribution in [3.05, 3.63) is 22.1 Å². The fourth-order valence-corrected chi connectivity index (χ4v) is 6.90. The smallest absolute Gasteiger partial charge is 0.367 e. The lowest BCUT2D eigenvalue weighted by atomic mass is 10.1. The number of carbonyl (C=O) groups is 2. The summed E-state index contributed by atoms with van der Waals surface area (Å²) in [6, 6.07) is 3.80. The molecule has 0 amide bonds. The van der Waals surface area contributed by atoms with Gasteiger partial charge in [-0.2, -0.15) is 0 Å². The van der Waals surface area contributed by atoms with Crippen molar-refractivity contribution in [2.24, 2.45) is 0 Å². The second kappa shape index (κ2) is 20.8. The van der Waals surface area contributed by atoms with Crippen LogP contribution in [-0.4, -0.2) is 35.1 Å². The molecule has 234 valence electrons. The first-order chi connectivity index (χ1) is 20.6. The monoisotopic (exact) mass is 616 g/mol. The zero-order valence-corrected chi connectivity index (χ0v) is 27.7. The normalized spacial score (nSPS) is 11.5. The molecule has 0 aliphatic rings. The summed E-state index contributed by atoms with van der Waals surface area (Å²) in [6.45, 7) is 5.37. The lowest BCUT2D eigenvalue weighted by Gasteiger charge is -2.03. The molecule has 3 rings (SSSR count). The highest BCUT2D eigenvalue weighted by Gasteiger charge is 2.18. The van der Waals surface area contributed by atoms with Crippen LogP contribution in [0.4, 0.5) is 0 Å². The van der Waals surface area contributed by atoms with Gasteiger partial charge in [0.2, 0.25) is 10.0 Å². The van der Waals surface area contributed by atoms with E-state index in [-0.39, 0.29) is 11.9 Å². The second-order valence-corrected chi connectivity index (χ2v) is 13.5. The molecule has 0 fully saturated rings. The van der Waals surface area contributed by atoms with Gasteiger partial charge in [0.15, 0.2) is 0 Å². The van der Waals surface area contributed by atoms with E-state index in [1.54, 1.807) is 0 Å². The van der Waals surface area contributed by atoms with E-state index in [2.05, 4.69) is 23.8 Å². The van der Waals surface area contributed by atoms with Crippen LogP contribution in [0.2, 0.25) is 0 Å². The van der Waals surface area contributed by atoms with Gasteiger partial charge < -0.3 is 9.47 Å². The number of benzene rings is 1. The van der Waals surface area contributed by atoms with Gasteiger partial charge in [-0.05, 0) is 25.0 Å². The summed E-state index contributed by atoms with van der Waals surface area (Å²) in [6.07, 6.45) is 24.9. The maximum Gasteiger partial charge on any atom is 0.367 e. The Hall–Kier alpha value is -2.06. The summed E-state index contributed by atoms with van der Waals surface area (Å²) in [7, 11) is 0. The molecule has 3 aromatic rings. The highest BCUT2D eigenvalue weighted by atomic mass is 32.1. The van der Waals surface area contributed by atoms with E-state index in [4.69, 9.17) is 9.47 Å². The molecule has 2 aromatic heterocycles. The summed E-state index contributed by atoms with van der Waals surface area (Å²) in [5, 5.41) is 0.733. The number of nitrogens with zero attached hydrogens (tertiary/aromatic N) is 2. The van der Waals surface area contributed by atoms with E-state index in [1.807, 2.05) is 12.1 Å². The standard InChI is InChI=1S/C34H52N2O4S2/c1-3-5-7-9-11-13-15-17-19-21-23-39-33(37)31-35-27-25-30-28(26-29(27)41-31)36-32(42-30)34(38)40-24-22-20-18-16-14-12-10-8-6-4-2/h25-26H,3-24H2,1-2H3. The molecule has 0 N–H and O–H groups in total. The number of unbranched alkanes of at least 4 members (excludes halogenated alkanes) is 18. The molecule has 0 saturated heterocycles. The predicted octanol–water partition coefficient (Wildman–Crippen LogP) is 11.1. The van der Waals surface area contributed by atoms with Crippen LogP contribution in [0.1, 0.15) is 162 Å². The third-order valence-electron chi connectivity index (χ3n) is 7.71. The van der Waals surface area contributed by atoms with Gasteiger partial charge in [-0.3, -0.25) is 0 Å². The summed E-state index contributed by atoms with van der Waals surface area (Å²) >= 11 is 2.63. The van der Waals surface area contributed by atoms with Crippen molar-refractivity contribution < 1.29 is 19.1 Å². The number of hydrogen-bond acceptors (Lipinski definition) is 8. The van der Waals surface area contributed by atoms with E-state index >= 15 is 0 Å². The van der Waals surface area contributed by atoms with Crippen molar-refractivity contribution in [3.63, 3.8) is 0 Å². The maximum absolute atomic E-state index is 12.5. The Kier molecular flexibility index (Phi) is 17.0. The minimum absolute atomic E-state index is 0.361. The zero-order valence-electron chi connectivity index (χ0n) is 26.1. The topological polar surface area (TPSA) is 78.4 Å². The Morgan fingerprint density at radius 1 is 0.524 bits per heavy atom. The molecule has 6 nitrogen and oxygen atoms in total. The van der Waals surface area contributed by atoms with Crippen LogP contribution >= 0.6 is 22.7 Å². The first-order valence-corrected chi connectivity index (χ1v) is 18.3. The van der Waals surface area contributed by atoms with Gasteiger partial charge in [0.05, 0.1) is 33.6 Å². The maximum atomic E-state index is 12.5. The molecule has 2 heterocycles.